The van der Waals surface area contributed by atoms with Crippen LogP contribution in [0.2, 0.25) is 0 Å². The Morgan fingerprint density at radius 3 is 1.78 bits per heavy atom. The Hall–Kier alpha value is -0.440. The molecule has 136 valence electrons. The van der Waals surface area contributed by atoms with Gasteiger partial charge in [-0.15, -0.1) is 0 Å². The van der Waals surface area contributed by atoms with E-state index in [9.17, 15) is 30.6 Å². The number of rotatable bonds is 4. The molecule has 0 amide bonds. The Bertz CT molecular complexity index is 380. The van der Waals surface area contributed by atoms with Crippen LogP contribution in [0.25, 0.3) is 0 Å². The predicted molar refractivity (Wildman–Crippen MR) is 68.6 cm³/mol. The van der Waals surface area contributed by atoms with Crippen LogP contribution in [0, 0.1) is 0 Å². The van der Waals surface area contributed by atoms with Crippen molar-refractivity contribution in [2.45, 2.75) is 61.4 Å². The second-order valence-corrected chi connectivity index (χ2v) is 5.53. The van der Waals surface area contributed by atoms with E-state index in [1.165, 1.54) is 0 Å². The van der Waals surface area contributed by atoms with Crippen molar-refractivity contribution >= 4 is 0 Å². The van der Waals surface area contributed by atoms with Crippen LogP contribution in [0.3, 0.4) is 0 Å². The van der Waals surface area contributed by atoms with Crippen LogP contribution >= 0.6 is 0 Å². The first-order chi connectivity index (χ1) is 10.8. The molecule has 0 unspecified atom stereocenters. The summed E-state index contributed by atoms with van der Waals surface area (Å²) in [6, 6.07) is 0. The molecule has 0 aromatic rings. The van der Waals surface area contributed by atoms with E-state index < -0.39 is 74.6 Å². The second kappa shape index (κ2) is 7.63. The third-order valence-electron chi connectivity index (χ3n) is 3.98. The first kappa shape index (κ1) is 18.9. The molecule has 11 nitrogen and oxygen atoms in total. The van der Waals surface area contributed by atoms with Crippen LogP contribution in [-0.4, -0.2) is 115 Å². The molecule has 0 saturated carbocycles. The van der Waals surface area contributed by atoms with Crippen LogP contribution in [0.4, 0.5) is 0 Å². The highest BCUT2D eigenvalue weighted by atomic mass is 16.7. The fraction of sp³-hybridized carbons (Fsp3) is 1.00. The zero-order valence-electron chi connectivity index (χ0n) is 12.0. The molecule has 0 bridgehead atoms. The monoisotopic (exact) mass is 342 g/mol. The summed E-state index contributed by atoms with van der Waals surface area (Å²) in [6.45, 7) is -1.34. The minimum atomic E-state index is -1.76. The number of aliphatic hydroxyl groups excluding tert-OH is 8. The minimum absolute atomic E-state index is 0.667. The Morgan fingerprint density at radius 1 is 0.652 bits per heavy atom. The minimum Gasteiger partial charge on any atom is -0.394 e. The average molecular weight is 342 g/mol. The van der Waals surface area contributed by atoms with E-state index in [1.807, 2.05) is 0 Å². The lowest BCUT2D eigenvalue weighted by Gasteiger charge is -2.45. The molecule has 0 aliphatic carbocycles. The molecule has 2 aliphatic rings. The van der Waals surface area contributed by atoms with E-state index >= 15 is 0 Å². The molecule has 11 heteroatoms. The van der Waals surface area contributed by atoms with Gasteiger partial charge in [-0.25, -0.2) is 0 Å². The largest absolute Gasteiger partial charge is 0.394 e. The van der Waals surface area contributed by atoms with Gasteiger partial charge in [-0.2, -0.15) is 0 Å². The fourth-order valence-corrected chi connectivity index (χ4v) is 2.56. The van der Waals surface area contributed by atoms with Gasteiger partial charge in [-0.3, -0.25) is 0 Å². The summed E-state index contributed by atoms with van der Waals surface area (Å²) in [5.74, 6) is 0. The van der Waals surface area contributed by atoms with E-state index in [0.29, 0.717) is 0 Å². The first-order valence-corrected chi connectivity index (χ1v) is 7.08. The topological polar surface area (TPSA) is 190 Å². The Balaban J connectivity index is 2.11. The van der Waals surface area contributed by atoms with Gasteiger partial charge in [0.05, 0.1) is 13.2 Å². The van der Waals surface area contributed by atoms with Crippen molar-refractivity contribution in [3.63, 3.8) is 0 Å². The molecule has 2 fully saturated rings. The number of aliphatic hydroxyl groups is 8. The van der Waals surface area contributed by atoms with Gasteiger partial charge >= 0.3 is 0 Å². The van der Waals surface area contributed by atoms with E-state index in [4.69, 9.17) is 24.4 Å². The zero-order chi connectivity index (χ0) is 17.3. The highest BCUT2D eigenvalue weighted by Crippen LogP contribution is 2.28. The normalized spacial score (nSPS) is 51.7. The predicted octanol–water partition coefficient (Wildman–Crippen LogP) is -5.40. The van der Waals surface area contributed by atoms with E-state index in [0.717, 1.165) is 0 Å². The van der Waals surface area contributed by atoms with Crippen molar-refractivity contribution in [3.05, 3.63) is 0 Å². The molecule has 0 aromatic carbocycles. The molecule has 10 atom stereocenters. The van der Waals surface area contributed by atoms with E-state index in [1.54, 1.807) is 0 Å². The highest BCUT2D eigenvalue weighted by Gasteiger charge is 2.50. The van der Waals surface area contributed by atoms with Crippen molar-refractivity contribution < 1.29 is 55.1 Å². The molecule has 2 rings (SSSR count). The number of hydrogen-bond acceptors (Lipinski definition) is 11. The van der Waals surface area contributed by atoms with Crippen molar-refractivity contribution in [1.82, 2.24) is 0 Å². The Labute approximate surface area is 130 Å². The molecule has 2 saturated heterocycles. The zero-order valence-corrected chi connectivity index (χ0v) is 12.0. The third-order valence-corrected chi connectivity index (χ3v) is 3.98. The second-order valence-electron chi connectivity index (χ2n) is 5.53. The summed E-state index contributed by atoms with van der Waals surface area (Å²) in [5.41, 5.74) is 0. The third kappa shape index (κ3) is 3.65. The standard InChI is InChI=1S/C12H22O11/c13-1-3-5(15)7(17)8(18)12(22-3)23-10-6(16)4(2-14)21-11(20)9(10)19/h3-20H,1-2H2/t3-,4-,5-,6-,7+,8+,9+,10-,11-,12-/m1/s1. The van der Waals surface area contributed by atoms with Crippen molar-refractivity contribution in [2.75, 3.05) is 13.2 Å². The lowest BCUT2D eigenvalue weighted by Crippen LogP contribution is -2.64. The maximum atomic E-state index is 10.00. The SMILES string of the molecule is OC[C@H]1O[C@H](O[C@H]2[C@H](O)[C@H](O)O[C@H](CO)[C@H]2O)[C@@H](O)[C@@H](O)[C@@H]1O. The molecule has 0 aromatic heterocycles. The van der Waals surface area contributed by atoms with Crippen LogP contribution in [-0.2, 0) is 14.2 Å². The van der Waals surface area contributed by atoms with Gasteiger partial charge in [-0.1, -0.05) is 0 Å². The van der Waals surface area contributed by atoms with Crippen LogP contribution in [0.15, 0.2) is 0 Å². The highest BCUT2D eigenvalue weighted by molar-refractivity contribution is 4.93. The quantitative estimate of drug-likeness (QED) is 0.243. The van der Waals surface area contributed by atoms with Crippen molar-refractivity contribution in [3.8, 4) is 0 Å². The van der Waals surface area contributed by atoms with Gasteiger partial charge in [0.1, 0.15) is 48.8 Å². The summed E-state index contributed by atoms with van der Waals surface area (Å²) < 4.78 is 15.1. The molecule has 2 aliphatic heterocycles. The lowest BCUT2D eigenvalue weighted by atomic mass is 9.97. The summed E-state index contributed by atoms with van der Waals surface area (Å²) >= 11 is 0. The van der Waals surface area contributed by atoms with Gasteiger partial charge < -0.3 is 55.1 Å². The maximum Gasteiger partial charge on any atom is 0.187 e. The molecule has 23 heavy (non-hydrogen) atoms. The smallest absolute Gasteiger partial charge is 0.187 e. The molecular weight excluding hydrogens is 320 g/mol. The first-order valence-electron chi connectivity index (χ1n) is 7.08. The van der Waals surface area contributed by atoms with Crippen LogP contribution in [0.1, 0.15) is 0 Å². The summed E-state index contributed by atoms with van der Waals surface area (Å²) in [5, 5.41) is 76.8. The average Bonchev–Trinajstić information content (AvgIpc) is 2.54. The van der Waals surface area contributed by atoms with Crippen LogP contribution in [0.5, 0.6) is 0 Å². The van der Waals surface area contributed by atoms with Crippen molar-refractivity contribution in [1.29, 1.82) is 0 Å². The molecular formula is C12H22O11. The van der Waals surface area contributed by atoms with Gasteiger partial charge in [0.15, 0.2) is 12.6 Å². The summed E-state index contributed by atoms with van der Waals surface area (Å²) in [6.07, 6.45) is -15.7. The van der Waals surface area contributed by atoms with Gasteiger partial charge in [0, 0.05) is 0 Å². The number of hydrogen-bond donors (Lipinski definition) is 8. The lowest BCUT2D eigenvalue weighted by molar-refractivity contribution is -0.355. The fourth-order valence-electron chi connectivity index (χ4n) is 2.56. The van der Waals surface area contributed by atoms with E-state index in [-0.39, 0.29) is 0 Å². The molecule has 0 spiro atoms. The maximum absolute atomic E-state index is 10.00. The molecule has 8 N–H and O–H groups in total. The summed E-state index contributed by atoms with van der Waals surface area (Å²) in [4.78, 5) is 0. The van der Waals surface area contributed by atoms with Crippen molar-refractivity contribution in [2.24, 2.45) is 0 Å². The number of ether oxygens (including phenoxy) is 3. The molecule has 2 heterocycles. The molecule has 0 radical (unpaired) electrons. The van der Waals surface area contributed by atoms with E-state index in [2.05, 4.69) is 0 Å². The van der Waals surface area contributed by atoms with Gasteiger partial charge in [0.2, 0.25) is 0 Å². The summed E-state index contributed by atoms with van der Waals surface area (Å²) in [7, 11) is 0. The van der Waals surface area contributed by atoms with Gasteiger partial charge in [-0.05, 0) is 0 Å². The van der Waals surface area contributed by atoms with Gasteiger partial charge in [0.25, 0.3) is 0 Å². The van der Waals surface area contributed by atoms with Crippen LogP contribution < -0.4 is 0 Å². The Kier molecular flexibility index (Phi) is 6.27. The Morgan fingerprint density at radius 2 is 1.22 bits per heavy atom.